The number of hydrogen-bond acceptors (Lipinski definition) is 5. The Labute approximate surface area is 236 Å². The molecule has 0 radical (unpaired) electrons. The Hall–Kier alpha value is -4.38. The number of aromatic amines is 1. The van der Waals surface area contributed by atoms with Gasteiger partial charge in [-0.05, 0) is 35.1 Å². The van der Waals surface area contributed by atoms with Gasteiger partial charge in [-0.2, -0.15) is 8.78 Å². The number of aliphatic hydroxyl groups is 1. The number of pyridine rings is 1. The Bertz CT molecular complexity index is 1410. The third kappa shape index (κ3) is 8.31. The quantitative estimate of drug-likeness (QED) is 0.229. The van der Waals surface area contributed by atoms with Crippen molar-refractivity contribution in [1.82, 2.24) is 15.6 Å². The van der Waals surface area contributed by atoms with Crippen LogP contribution in [0.3, 0.4) is 0 Å². The Morgan fingerprint density at radius 1 is 1.00 bits per heavy atom. The highest BCUT2D eigenvalue weighted by Gasteiger charge is 2.51. The lowest BCUT2D eigenvalue weighted by atomic mass is 9.93. The topological polar surface area (TPSA) is 140 Å². The van der Waals surface area contributed by atoms with Crippen molar-refractivity contribution in [2.75, 3.05) is 11.9 Å². The molecule has 0 bridgehead atoms. The molecule has 1 aromatic heterocycles. The summed E-state index contributed by atoms with van der Waals surface area (Å²) in [6.45, 7) is 4.16. The SMILES string of the molecule is CC(=O)Nc1c(CC(=O)NC(C(C)C)C(O)C(F)(F)C(=O)NCCc2ccccc2)cc(-c2ccccc2)[nH]c1=O. The van der Waals surface area contributed by atoms with Crippen LogP contribution in [0.1, 0.15) is 31.9 Å². The Balaban J connectivity index is 1.76. The van der Waals surface area contributed by atoms with Gasteiger partial charge in [0.15, 0.2) is 0 Å². The van der Waals surface area contributed by atoms with Crippen LogP contribution in [0.15, 0.2) is 71.5 Å². The van der Waals surface area contributed by atoms with Crippen LogP contribution < -0.4 is 21.5 Å². The first kappa shape index (κ1) is 31.2. The lowest BCUT2D eigenvalue weighted by molar-refractivity contribution is -0.169. The van der Waals surface area contributed by atoms with E-state index in [2.05, 4.69) is 20.9 Å². The molecule has 3 rings (SSSR count). The van der Waals surface area contributed by atoms with Gasteiger partial charge in [-0.3, -0.25) is 19.2 Å². The summed E-state index contributed by atoms with van der Waals surface area (Å²) in [5.41, 5.74) is 1.21. The van der Waals surface area contributed by atoms with Gasteiger partial charge in [-0.25, -0.2) is 0 Å². The van der Waals surface area contributed by atoms with Crippen LogP contribution >= 0.6 is 0 Å². The molecule has 0 aliphatic carbocycles. The van der Waals surface area contributed by atoms with Gasteiger partial charge in [0, 0.05) is 19.2 Å². The van der Waals surface area contributed by atoms with Crippen LogP contribution in [-0.2, 0) is 27.2 Å². The molecular formula is C30H34F2N4O5. The van der Waals surface area contributed by atoms with Crippen molar-refractivity contribution in [2.24, 2.45) is 5.92 Å². The number of anilines is 1. The number of alkyl halides is 2. The van der Waals surface area contributed by atoms with Crippen LogP contribution in [0.25, 0.3) is 11.3 Å². The molecule has 2 unspecified atom stereocenters. The molecule has 3 aromatic rings. The van der Waals surface area contributed by atoms with Crippen molar-refractivity contribution < 1.29 is 28.3 Å². The minimum absolute atomic E-state index is 0.0674. The van der Waals surface area contributed by atoms with Gasteiger partial charge in [-0.1, -0.05) is 74.5 Å². The molecule has 0 aliphatic heterocycles. The molecule has 5 N–H and O–H groups in total. The lowest BCUT2D eigenvalue weighted by Gasteiger charge is -2.32. The molecule has 1 heterocycles. The average Bonchev–Trinajstić information content (AvgIpc) is 2.93. The molecule has 2 atom stereocenters. The van der Waals surface area contributed by atoms with Crippen molar-refractivity contribution in [3.8, 4) is 11.3 Å². The summed E-state index contributed by atoms with van der Waals surface area (Å²) in [5, 5.41) is 17.5. The largest absolute Gasteiger partial charge is 0.384 e. The van der Waals surface area contributed by atoms with E-state index in [1.54, 1.807) is 54.6 Å². The van der Waals surface area contributed by atoms with E-state index in [4.69, 9.17) is 0 Å². The summed E-state index contributed by atoms with van der Waals surface area (Å²) in [4.78, 5) is 52.6. The van der Waals surface area contributed by atoms with Gasteiger partial charge in [-0.15, -0.1) is 0 Å². The van der Waals surface area contributed by atoms with Crippen molar-refractivity contribution in [3.05, 3.63) is 88.2 Å². The van der Waals surface area contributed by atoms with Crippen LogP contribution in [0.2, 0.25) is 0 Å². The minimum Gasteiger partial charge on any atom is -0.384 e. The number of benzene rings is 2. The van der Waals surface area contributed by atoms with Gasteiger partial charge >= 0.3 is 5.92 Å². The smallest absolute Gasteiger partial charge is 0.351 e. The predicted molar refractivity (Wildman–Crippen MR) is 151 cm³/mol. The molecule has 11 heteroatoms. The number of nitrogens with one attached hydrogen (secondary N) is 4. The molecule has 218 valence electrons. The first-order valence-corrected chi connectivity index (χ1v) is 13.2. The number of hydrogen-bond donors (Lipinski definition) is 5. The van der Waals surface area contributed by atoms with Crippen molar-refractivity contribution in [1.29, 1.82) is 0 Å². The second-order valence-corrected chi connectivity index (χ2v) is 10.0. The van der Waals surface area contributed by atoms with Gasteiger partial charge in [0.05, 0.1) is 12.5 Å². The number of carbonyl (C=O) groups is 3. The number of aromatic nitrogens is 1. The minimum atomic E-state index is -4.20. The Kier molecular flexibility index (Phi) is 10.5. The fourth-order valence-corrected chi connectivity index (χ4v) is 4.30. The summed E-state index contributed by atoms with van der Waals surface area (Å²) in [6, 6.07) is 17.8. The molecule has 0 aliphatic rings. The zero-order valence-corrected chi connectivity index (χ0v) is 23.0. The van der Waals surface area contributed by atoms with Crippen LogP contribution in [0.4, 0.5) is 14.5 Å². The third-order valence-corrected chi connectivity index (χ3v) is 6.45. The standard InChI is InChI=1S/C30H34F2N4O5/c1-18(2)25(27(39)30(31,32)29(41)33-15-14-20-10-6-4-7-11-20)36-24(38)17-22-16-23(21-12-8-5-9-13-21)35-28(40)26(22)34-19(3)37/h4-13,16,18,25,27,39H,14-15,17H2,1-3H3,(H,33,41)(H,34,37)(H,35,40)(H,36,38). The van der Waals surface area contributed by atoms with Crippen LogP contribution in [0.5, 0.6) is 0 Å². The predicted octanol–water partition coefficient (Wildman–Crippen LogP) is 3.04. The summed E-state index contributed by atoms with van der Waals surface area (Å²) in [7, 11) is 0. The molecule has 0 spiro atoms. The number of halogens is 2. The van der Waals surface area contributed by atoms with Crippen LogP contribution in [0, 0.1) is 5.92 Å². The summed E-state index contributed by atoms with van der Waals surface area (Å²) < 4.78 is 30.0. The third-order valence-electron chi connectivity index (χ3n) is 6.45. The highest BCUT2D eigenvalue weighted by Crippen LogP contribution is 2.26. The van der Waals surface area contributed by atoms with E-state index in [1.165, 1.54) is 26.8 Å². The van der Waals surface area contributed by atoms with E-state index in [9.17, 15) is 24.3 Å². The number of H-pyrrole nitrogens is 1. The van der Waals surface area contributed by atoms with E-state index in [1.807, 2.05) is 6.07 Å². The number of carbonyl (C=O) groups excluding carboxylic acids is 3. The van der Waals surface area contributed by atoms with Gasteiger partial charge in [0.2, 0.25) is 11.8 Å². The summed E-state index contributed by atoms with van der Waals surface area (Å²) in [6.07, 6.45) is -2.68. The molecule has 0 saturated carbocycles. The number of amides is 3. The first-order valence-electron chi connectivity index (χ1n) is 13.2. The second-order valence-electron chi connectivity index (χ2n) is 10.0. The number of aliphatic hydroxyl groups excluding tert-OH is 1. The lowest BCUT2D eigenvalue weighted by Crippen LogP contribution is -2.59. The highest BCUT2D eigenvalue weighted by molar-refractivity contribution is 5.91. The van der Waals surface area contributed by atoms with E-state index in [0.717, 1.165) is 5.56 Å². The molecule has 0 fully saturated rings. The summed E-state index contributed by atoms with van der Waals surface area (Å²) in [5.74, 6) is -7.89. The van der Waals surface area contributed by atoms with Gasteiger partial charge in [0.1, 0.15) is 11.8 Å². The second kappa shape index (κ2) is 13.8. The monoisotopic (exact) mass is 568 g/mol. The van der Waals surface area contributed by atoms with E-state index in [0.29, 0.717) is 17.7 Å². The van der Waals surface area contributed by atoms with E-state index >= 15 is 8.78 Å². The molecule has 0 saturated heterocycles. The zero-order chi connectivity index (χ0) is 30.2. The maximum Gasteiger partial charge on any atom is 0.351 e. The zero-order valence-electron chi connectivity index (χ0n) is 23.0. The Morgan fingerprint density at radius 2 is 1.61 bits per heavy atom. The molecule has 41 heavy (non-hydrogen) atoms. The average molecular weight is 569 g/mol. The van der Waals surface area contributed by atoms with E-state index < -0.39 is 53.7 Å². The fraction of sp³-hybridized carbons (Fsp3) is 0.333. The van der Waals surface area contributed by atoms with Crippen molar-refractivity contribution in [2.45, 2.75) is 51.7 Å². The van der Waals surface area contributed by atoms with Gasteiger partial charge < -0.3 is 26.0 Å². The van der Waals surface area contributed by atoms with E-state index in [-0.39, 0.29) is 17.8 Å². The maximum absolute atomic E-state index is 15.0. The fourth-order valence-electron chi connectivity index (χ4n) is 4.30. The molecule has 3 amide bonds. The number of rotatable bonds is 12. The molecular weight excluding hydrogens is 534 g/mol. The van der Waals surface area contributed by atoms with Crippen molar-refractivity contribution >= 4 is 23.4 Å². The maximum atomic E-state index is 15.0. The Morgan fingerprint density at radius 3 is 2.20 bits per heavy atom. The normalized spacial score (nSPS) is 12.9. The summed E-state index contributed by atoms with van der Waals surface area (Å²) >= 11 is 0. The first-order chi connectivity index (χ1) is 19.4. The van der Waals surface area contributed by atoms with Gasteiger partial charge in [0.25, 0.3) is 11.5 Å². The highest BCUT2D eigenvalue weighted by atomic mass is 19.3. The molecule has 2 aromatic carbocycles. The molecule has 9 nitrogen and oxygen atoms in total. The van der Waals surface area contributed by atoms with Crippen molar-refractivity contribution in [3.63, 3.8) is 0 Å². The van der Waals surface area contributed by atoms with Crippen LogP contribution in [-0.4, -0.2) is 52.4 Å².